The molecule has 2 heterocycles. The van der Waals surface area contributed by atoms with Crippen LogP contribution in [-0.4, -0.2) is 39.7 Å². The molecule has 6 heteroatoms. The molecule has 5 nitrogen and oxygen atoms in total. The summed E-state index contributed by atoms with van der Waals surface area (Å²) in [5.41, 5.74) is 7.35. The molecular formula is C14H15BrN4O. The van der Waals surface area contributed by atoms with Gasteiger partial charge in [0.2, 0.25) is 0 Å². The van der Waals surface area contributed by atoms with E-state index in [1.165, 1.54) is 0 Å². The van der Waals surface area contributed by atoms with Crippen molar-refractivity contribution in [2.45, 2.75) is 12.5 Å². The first kappa shape index (κ1) is 13.3. The minimum Gasteiger partial charge on any atom is -0.337 e. The van der Waals surface area contributed by atoms with Gasteiger partial charge >= 0.3 is 0 Å². The fourth-order valence-electron chi connectivity index (χ4n) is 2.32. The maximum atomic E-state index is 12.3. The zero-order valence-corrected chi connectivity index (χ0v) is 12.5. The van der Waals surface area contributed by atoms with Crippen LogP contribution in [0.2, 0.25) is 0 Å². The number of carbonyl (C=O) groups is 1. The van der Waals surface area contributed by atoms with Crippen LogP contribution in [0.25, 0.3) is 5.69 Å². The molecule has 1 aliphatic rings. The fourth-order valence-corrected chi connectivity index (χ4v) is 2.59. The van der Waals surface area contributed by atoms with Crippen LogP contribution in [-0.2, 0) is 0 Å². The first-order valence-corrected chi connectivity index (χ1v) is 7.28. The number of amides is 1. The Morgan fingerprint density at radius 1 is 1.35 bits per heavy atom. The smallest absolute Gasteiger partial charge is 0.257 e. The third-order valence-electron chi connectivity index (χ3n) is 3.43. The summed E-state index contributed by atoms with van der Waals surface area (Å²) in [5, 5.41) is 4.25. The van der Waals surface area contributed by atoms with Crippen molar-refractivity contribution in [1.82, 2.24) is 14.7 Å². The number of aromatic nitrogens is 2. The van der Waals surface area contributed by atoms with Crippen LogP contribution >= 0.6 is 15.9 Å². The van der Waals surface area contributed by atoms with Gasteiger partial charge in [0.1, 0.15) is 0 Å². The lowest BCUT2D eigenvalue weighted by Crippen LogP contribution is -2.31. The highest BCUT2D eigenvalue weighted by atomic mass is 79.9. The highest BCUT2D eigenvalue weighted by Crippen LogP contribution is 2.16. The lowest BCUT2D eigenvalue weighted by atomic mass is 10.3. The highest BCUT2D eigenvalue weighted by Gasteiger charge is 2.25. The van der Waals surface area contributed by atoms with Crippen LogP contribution in [0.4, 0.5) is 0 Å². The normalized spacial score (nSPS) is 18.5. The standard InChI is InChI=1S/C14H15BrN4O/c15-11-1-3-13(4-2-11)19-8-10(7-17-19)14(20)18-6-5-12(16)9-18/h1-4,7-8,12H,5-6,9,16H2. The third-order valence-corrected chi connectivity index (χ3v) is 3.96. The van der Waals surface area contributed by atoms with E-state index in [4.69, 9.17) is 5.73 Å². The molecule has 1 aliphatic heterocycles. The van der Waals surface area contributed by atoms with Crippen molar-refractivity contribution in [3.63, 3.8) is 0 Å². The Morgan fingerprint density at radius 2 is 2.10 bits per heavy atom. The number of hydrogen-bond acceptors (Lipinski definition) is 3. The average molecular weight is 335 g/mol. The van der Waals surface area contributed by atoms with E-state index in [9.17, 15) is 4.79 Å². The Hall–Kier alpha value is -1.66. The molecule has 1 atom stereocenters. The predicted molar refractivity (Wildman–Crippen MR) is 79.8 cm³/mol. The van der Waals surface area contributed by atoms with Crippen molar-refractivity contribution < 1.29 is 4.79 Å². The highest BCUT2D eigenvalue weighted by molar-refractivity contribution is 9.10. The van der Waals surface area contributed by atoms with Crippen molar-refractivity contribution in [1.29, 1.82) is 0 Å². The lowest BCUT2D eigenvalue weighted by Gasteiger charge is -2.14. The molecule has 20 heavy (non-hydrogen) atoms. The number of rotatable bonds is 2. The molecule has 1 saturated heterocycles. The summed E-state index contributed by atoms with van der Waals surface area (Å²) in [4.78, 5) is 14.1. The molecule has 3 rings (SSSR count). The Morgan fingerprint density at radius 3 is 2.75 bits per heavy atom. The zero-order chi connectivity index (χ0) is 14.1. The van der Waals surface area contributed by atoms with Gasteiger partial charge in [0.15, 0.2) is 0 Å². The molecule has 0 radical (unpaired) electrons. The largest absolute Gasteiger partial charge is 0.337 e. The van der Waals surface area contributed by atoms with Crippen molar-refractivity contribution in [2.24, 2.45) is 5.73 Å². The van der Waals surface area contributed by atoms with E-state index in [2.05, 4.69) is 21.0 Å². The van der Waals surface area contributed by atoms with Gasteiger partial charge in [0.25, 0.3) is 5.91 Å². The van der Waals surface area contributed by atoms with Crippen LogP contribution in [0.5, 0.6) is 0 Å². The molecule has 2 N–H and O–H groups in total. The number of nitrogens with two attached hydrogens (primary N) is 1. The minimum absolute atomic E-state index is 0.00121. The first-order chi connectivity index (χ1) is 9.63. The summed E-state index contributed by atoms with van der Waals surface area (Å²) >= 11 is 3.39. The van der Waals surface area contributed by atoms with E-state index in [0.29, 0.717) is 12.1 Å². The molecule has 1 fully saturated rings. The van der Waals surface area contributed by atoms with E-state index in [1.807, 2.05) is 24.3 Å². The molecule has 1 aromatic heterocycles. The Balaban J connectivity index is 1.79. The predicted octanol–water partition coefficient (Wildman–Crippen LogP) is 1.81. The van der Waals surface area contributed by atoms with E-state index in [-0.39, 0.29) is 11.9 Å². The molecule has 0 bridgehead atoms. The Labute approximate surface area is 125 Å². The maximum absolute atomic E-state index is 12.3. The van der Waals surface area contributed by atoms with Gasteiger partial charge in [-0.2, -0.15) is 5.10 Å². The second-order valence-corrected chi connectivity index (χ2v) is 5.87. The van der Waals surface area contributed by atoms with Crippen LogP contribution < -0.4 is 5.73 Å². The summed E-state index contributed by atoms with van der Waals surface area (Å²) in [6, 6.07) is 7.87. The summed E-state index contributed by atoms with van der Waals surface area (Å²) < 4.78 is 2.71. The molecule has 0 saturated carbocycles. The van der Waals surface area contributed by atoms with Crippen molar-refractivity contribution in [3.05, 3.63) is 46.7 Å². The van der Waals surface area contributed by atoms with Gasteiger partial charge in [0.05, 0.1) is 17.4 Å². The molecule has 1 amide bonds. The van der Waals surface area contributed by atoms with Crippen molar-refractivity contribution in [2.75, 3.05) is 13.1 Å². The first-order valence-electron chi connectivity index (χ1n) is 6.49. The second kappa shape index (κ2) is 5.38. The molecule has 0 spiro atoms. The van der Waals surface area contributed by atoms with E-state index >= 15 is 0 Å². The van der Waals surface area contributed by atoms with Crippen molar-refractivity contribution >= 4 is 21.8 Å². The third kappa shape index (κ3) is 2.62. The van der Waals surface area contributed by atoms with Gasteiger partial charge in [-0.15, -0.1) is 0 Å². The summed E-state index contributed by atoms with van der Waals surface area (Å²) in [7, 11) is 0. The summed E-state index contributed by atoms with van der Waals surface area (Å²) in [5.74, 6) is 0.00121. The number of carbonyl (C=O) groups excluding carboxylic acids is 1. The SMILES string of the molecule is NC1CCN(C(=O)c2cnn(-c3ccc(Br)cc3)c2)C1. The second-order valence-electron chi connectivity index (χ2n) is 4.95. The molecule has 1 aromatic carbocycles. The molecule has 2 aromatic rings. The maximum Gasteiger partial charge on any atom is 0.257 e. The summed E-state index contributed by atoms with van der Waals surface area (Å²) in [6.07, 6.45) is 4.23. The minimum atomic E-state index is 0.00121. The van der Waals surface area contributed by atoms with Crippen LogP contribution in [0.3, 0.4) is 0 Å². The molecule has 1 unspecified atom stereocenters. The number of hydrogen-bond donors (Lipinski definition) is 1. The van der Waals surface area contributed by atoms with Gasteiger partial charge in [-0.1, -0.05) is 15.9 Å². The van der Waals surface area contributed by atoms with E-state index in [0.717, 1.165) is 23.1 Å². The molecular weight excluding hydrogens is 320 g/mol. The topological polar surface area (TPSA) is 64.2 Å². The Bertz CT molecular complexity index is 622. The number of likely N-dealkylation sites (tertiary alicyclic amines) is 1. The fraction of sp³-hybridized carbons (Fsp3) is 0.286. The van der Waals surface area contributed by atoms with Crippen LogP contribution in [0.15, 0.2) is 41.1 Å². The monoisotopic (exact) mass is 334 g/mol. The van der Waals surface area contributed by atoms with Gasteiger partial charge < -0.3 is 10.6 Å². The van der Waals surface area contributed by atoms with Gasteiger partial charge in [0, 0.05) is 29.8 Å². The van der Waals surface area contributed by atoms with Gasteiger partial charge in [-0.3, -0.25) is 4.79 Å². The lowest BCUT2D eigenvalue weighted by molar-refractivity contribution is 0.0791. The zero-order valence-electron chi connectivity index (χ0n) is 10.9. The number of nitrogens with zero attached hydrogens (tertiary/aromatic N) is 3. The van der Waals surface area contributed by atoms with Gasteiger partial charge in [-0.05, 0) is 30.7 Å². The average Bonchev–Trinajstić information content (AvgIpc) is 3.08. The van der Waals surface area contributed by atoms with E-state index < -0.39 is 0 Å². The number of halogens is 1. The van der Waals surface area contributed by atoms with Crippen LogP contribution in [0.1, 0.15) is 16.8 Å². The van der Waals surface area contributed by atoms with Gasteiger partial charge in [-0.25, -0.2) is 4.68 Å². The molecule has 104 valence electrons. The molecule has 0 aliphatic carbocycles. The van der Waals surface area contributed by atoms with E-state index in [1.54, 1.807) is 22.0 Å². The van der Waals surface area contributed by atoms with Crippen LogP contribution in [0, 0.1) is 0 Å². The quantitative estimate of drug-likeness (QED) is 0.910. The number of benzene rings is 1. The Kier molecular flexibility index (Phi) is 3.58. The van der Waals surface area contributed by atoms with Crippen molar-refractivity contribution in [3.8, 4) is 5.69 Å². The summed E-state index contributed by atoms with van der Waals surface area (Å²) in [6.45, 7) is 1.35.